The van der Waals surface area contributed by atoms with Crippen LogP contribution in [0.15, 0.2) is 71.3 Å². The van der Waals surface area contributed by atoms with Gasteiger partial charge in [-0.2, -0.15) is 5.10 Å². The molecule has 3 rings (SSSR count). The average molecular weight is 424 g/mol. The summed E-state index contributed by atoms with van der Waals surface area (Å²) in [5.74, 6) is 0.00853. The standard InChI is InChI=1S/C22H22BrN3O/c1-3-25(4-2)21(27)15-12-18-16-26(20-8-6-5-7-9-20)24-22(18)17-10-13-19(23)14-11-17/h5-16H,3-4H2,1-2H3. The molecule has 2 aromatic carbocycles. The molecule has 0 spiro atoms. The first-order valence-electron chi connectivity index (χ1n) is 9.00. The maximum absolute atomic E-state index is 12.4. The number of carbonyl (C=O) groups excluding carboxylic acids is 1. The first kappa shape index (κ1) is 19.1. The quantitative estimate of drug-likeness (QED) is 0.512. The predicted octanol–water partition coefficient (Wildman–Crippen LogP) is 5.18. The van der Waals surface area contributed by atoms with Crippen molar-refractivity contribution in [2.75, 3.05) is 13.1 Å². The zero-order valence-corrected chi connectivity index (χ0v) is 17.1. The molecular formula is C22H22BrN3O. The summed E-state index contributed by atoms with van der Waals surface area (Å²) in [5, 5.41) is 4.77. The molecule has 0 bridgehead atoms. The Hall–Kier alpha value is -2.66. The Morgan fingerprint density at radius 2 is 1.74 bits per heavy atom. The maximum atomic E-state index is 12.4. The van der Waals surface area contributed by atoms with E-state index < -0.39 is 0 Å². The molecule has 0 saturated heterocycles. The van der Waals surface area contributed by atoms with Gasteiger partial charge in [0.2, 0.25) is 5.91 Å². The molecule has 0 fully saturated rings. The summed E-state index contributed by atoms with van der Waals surface area (Å²) in [7, 11) is 0. The summed E-state index contributed by atoms with van der Waals surface area (Å²) >= 11 is 3.47. The van der Waals surface area contributed by atoms with Crippen LogP contribution >= 0.6 is 15.9 Å². The lowest BCUT2D eigenvalue weighted by atomic mass is 10.1. The van der Waals surface area contributed by atoms with Crippen LogP contribution in [0.4, 0.5) is 0 Å². The highest BCUT2D eigenvalue weighted by atomic mass is 79.9. The van der Waals surface area contributed by atoms with E-state index in [2.05, 4.69) is 15.9 Å². The normalized spacial score (nSPS) is 11.1. The number of likely N-dealkylation sites (N-methyl/N-ethyl adjacent to an activating group) is 1. The van der Waals surface area contributed by atoms with Crippen molar-refractivity contribution in [3.63, 3.8) is 0 Å². The molecule has 0 aliphatic rings. The lowest BCUT2D eigenvalue weighted by Crippen LogP contribution is -2.28. The number of nitrogens with zero attached hydrogens (tertiary/aromatic N) is 3. The lowest BCUT2D eigenvalue weighted by molar-refractivity contribution is -0.125. The fourth-order valence-electron chi connectivity index (χ4n) is 2.86. The van der Waals surface area contributed by atoms with E-state index in [4.69, 9.17) is 5.10 Å². The van der Waals surface area contributed by atoms with Crippen molar-refractivity contribution >= 4 is 27.9 Å². The van der Waals surface area contributed by atoms with Crippen molar-refractivity contribution in [3.05, 3.63) is 76.9 Å². The second kappa shape index (κ2) is 8.82. The Bertz CT molecular complexity index is 926. The maximum Gasteiger partial charge on any atom is 0.246 e. The first-order chi connectivity index (χ1) is 13.1. The molecule has 0 saturated carbocycles. The molecule has 0 atom stereocenters. The van der Waals surface area contributed by atoms with Crippen LogP contribution in [0, 0.1) is 0 Å². The molecule has 1 heterocycles. The van der Waals surface area contributed by atoms with Gasteiger partial charge >= 0.3 is 0 Å². The molecule has 3 aromatic rings. The zero-order valence-electron chi connectivity index (χ0n) is 15.5. The van der Waals surface area contributed by atoms with Crippen LogP contribution in [0.5, 0.6) is 0 Å². The summed E-state index contributed by atoms with van der Waals surface area (Å²) < 4.78 is 2.86. The monoisotopic (exact) mass is 423 g/mol. The zero-order chi connectivity index (χ0) is 19.2. The van der Waals surface area contributed by atoms with Gasteiger partial charge in [0.15, 0.2) is 0 Å². The van der Waals surface area contributed by atoms with Crippen LogP contribution in [0.2, 0.25) is 0 Å². The molecule has 0 aliphatic carbocycles. The molecule has 0 aliphatic heterocycles. The molecule has 138 valence electrons. The Kier molecular flexibility index (Phi) is 6.24. The molecular weight excluding hydrogens is 402 g/mol. The number of hydrogen-bond acceptors (Lipinski definition) is 2. The van der Waals surface area contributed by atoms with Gasteiger partial charge in [-0.15, -0.1) is 0 Å². The minimum absolute atomic E-state index is 0.00853. The van der Waals surface area contributed by atoms with Crippen LogP contribution in [0.25, 0.3) is 23.0 Å². The number of rotatable bonds is 6. The molecule has 0 radical (unpaired) electrons. The van der Waals surface area contributed by atoms with Gasteiger partial charge in [0, 0.05) is 41.0 Å². The highest BCUT2D eigenvalue weighted by molar-refractivity contribution is 9.10. The van der Waals surface area contributed by atoms with Crippen LogP contribution in [0.1, 0.15) is 19.4 Å². The average Bonchev–Trinajstić information content (AvgIpc) is 3.13. The topological polar surface area (TPSA) is 38.1 Å². The van der Waals surface area contributed by atoms with Crippen molar-refractivity contribution < 1.29 is 4.79 Å². The van der Waals surface area contributed by atoms with E-state index in [9.17, 15) is 4.79 Å². The Balaban J connectivity index is 2.01. The fraction of sp³-hybridized carbons (Fsp3) is 0.182. The summed E-state index contributed by atoms with van der Waals surface area (Å²) in [6.45, 7) is 5.36. The number of hydrogen-bond donors (Lipinski definition) is 0. The van der Waals surface area contributed by atoms with E-state index in [0.717, 1.165) is 27.0 Å². The van der Waals surface area contributed by atoms with Crippen molar-refractivity contribution in [1.29, 1.82) is 0 Å². The summed E-state index contributed by atoms with van der Waals surface area (Å²) in [6, 6.07) is 18.0. The lowest BCUT2D eigenvalue weighted by Gasteiger charge is -2.15. The van der Waals surface area contributed by atoms with Crippen LogP contribution in [0.3, 0.4) is 0 Å². The van der Waals surface area contributed by atoms with Crippen molar-refractivity contribution in [2.45, 2.75) is 13.8 Å². The summed E-state index contributed by atoms with van der Waals surface area (Å²) in [5.41, 5.74) is 3.73. The summed E-state index contributed by atoms with van der Waals surface area (Å²) in [6.07, 6.45) is 5.44. The fourth-order valence-corrected chi connectivity index (χ4v) is 3.12. The van der Waals surface area contributed by atoms with Gasteiger partial charge in [-0.1, -0.05) is 46.3 Å². The van der Waals surface area contributed by atoms with Gasteiger partial charge in [0.25, 0.3) is 0 Å². The molecule has 4 nitrogen and oxygen atoms in total. The van der Waals surface area contributed by atoms with E-state index in [0.29, 0.717) is 13.1 Å². The van der Waals surface area contributed by atoms with Gasteiger partial charge in [-0.25, -0.2) is 4.68 Å². The third kappa shape index (κ3) is 4.55. The van der Waals surface area contributed by atoms with Gasteiger partial charge in [0.1, 0.15) is 0 Å². The minimum Gasteiger partial charge on any atom is -0.340 e. The smallest absolute Gasteiger partial charge is 0.246 e. The third-order valence-corrected chi connectivity index (χ3v) is 4.89. The molecule has 5 heteroatoms. The van der Waals surface area contributed by atoms with E-state index in [-0.39, 0.29) is 5.91 Å². The number of para-hydroxylation sites is 1. The number of benzene rings is 2. The van der Waals surface area contributed by atoms with Gasteiger partial charge in [-0.05, 0) is 44.2 Å². The van der Waals surface area contributed by atoms with Crippen molar-refractivity contribution in [1.82, 2.24) is 14.7 Å². The number of carbonyl (C=O) groups is 1. The van der Waals surface area contributed by atoms with Gasteiger partial charge in [0.05, 0.1) is 11.4 Å². The number of halogens is 1. The van der Waals surface area contributed by atoms with Crippen LogP contribution in [-0.4, -0.2) is 33.7 Å². The van der Waals surface area contributed by atoms with Crippen LogP contribution < -0.4 is 0 Å². The minimum atomic E-state index is 0.00853. The van der Waals surface area contributed by atoms with E-state index in [1.54, 1.807) is 11.0 Å². The van der Waals surface area contributed by atoms with E-state index >= 15 is 0 Å². The summed E-state index contributed by atoms with van der Waals surface area (Å²) in [4.78, 5) is 14.1. The predicted molar refractivity (Wildman–Crippen MR) is 114 cm³/mol. The first-order valence-corrected chi connectivity index (χ1v) is 9.79. The SMILES string of the molecule is CCN(CC)C(=O)C=Cc1cn(-c2ccccc2)nc1-c1ccc(Br)cc1. The Morgan fingerprint density at radius 1 is 1.07 bits per heavy atom. The number of amides is 1. The van der Waals surface area contributed by atoms with Crippen molar-refractivity contribution in [3.8, 4) is 16.9 Å². The van der Waals surface area contributed by atoms with E-state index in [1.165, 1.54) is 0 Å². The Labute approximate surface area is 168 Å². The van der Waals surface area contributed by atoms with E-state index in [1.807, 2.05) is 85.4 Å². The largest absolute Gasteiger partial charge is 0.340 e. The van der Waals surface area contributed by atoms with Gasteiger partial charge in [-0.3, -0.25) is 4.79 Å². The second-order valence-corrected chi connectivity index (χ2v) is 6.98. The van der Waals surface area contributed by atoms with Crippen LogP contribution in [-0.2, 0) is 4.79 Å². The Morgan fingerprint density at radius 3 is 2.37 bits per heavy atom. The highest BCUT2D eigenvalue weighted by Gasteiger charge is 2.12. The molecule has 1 aromatic heterocycles. The molecule has 27 heavy (non-hydrogen) atoms. The highest BCUT2D eigenvalue weighted by Crippen LogP contribution is 2.26. The molecule has 0 unspecified atom stereocenters. The van der Waals surface area contributed by atoms with Crippen molar-refractivity contribution in [2.24, 2.45) is 0 Å². The third-order valence-electron chi connectivity index (χ3n) is 4.36. The van der Waals surface area contributed by atoms with Gasteiger partial charge < -0.3 is 4.90 Å². The number of aromatic nitrogens is 2. The molecule has 0 N–H and O–H groups in total. The second-order valence-electron chi connectivity index (χ2n) is 6.06. The molecule has 1 amide bonds.